The fraction of sp³-hybridized carbons (Fsp3) is 0.276. The van der Waals surface area contributed by atoms with Crippen LogP contribution in [-0.4, -0.2) is 38.2 Å². The lowest BCUT2D eigenvalue weighted by atomic mass is 10.1. The standard InChI is InChI=1S/C29H30N4O6/c1-29(2,3)39-28(35)31-23(27(34)38-19-20-10-6-4-7-11-20)15-17-26-30-24-18-22(33(36)37)14-16-25(24)32(26)21-12-8-5-9-13-21/h4-14,16,18,23H,15,17,19H2,1-3H3,(H,31,35). The first-order valence-corrected chi connectivity index (χ1v) is 12.5. The van der Waals surface area contributed by atoms with Crippen molar-refractivity contribution in [1.29, 1.82) is 0 Å². The number of nitro benzene ring substituents is 1. The monoisotopic (exact) mass is 530 g/mol. The Morgan fingerprint density at radius 1 is 1.03 bits per heavy atom. The molecule has 39 heavy (non-hydrogen) atoms. The van der Waals surface area contributed by atoms with Crippen molar-refractivity contribution in [1.82, 2.24) is 14.9 Å². The highest BCUT2D eigenvalue weighted by Gasteiger charge is 2.27. The third kappa shape index (κ3) is 7.19. The average Bonchev–Trinajstić information content (AvgIpc) is 3.27. The van der Waals surface area contributed by atoms with E-state index in [0.29, 0.717) is 16.9 Å². The van der Waals surface area contributed by atoms with Gasteiger partial charge in [-0.15, -0.1) is 0 Å². The lowest BCUT2D eigenvalue weighted by Gasteiger charge is -2.23. The van der Waals surface area contributed by atoms with Gasteiger partial charge in [0.05, 0.1) is 16.0 Å². The molecular formula is C29H30N4O6. The number of nitrogens with one attached hydrogen (secondary N) is 1. The number of para-hydroxylation sites is 1. The number of non-ortho nitro benzene ring substituents is 1. The van der Waals surface area contributed by atoms with Gasteiger partial charge in [-0.05, 0) is 51.0 Å². The summed E-state index contributed by atoms with van der Waals surface area (Å²) in [6, 6.07) is 22.2. The van der Waals surface area contributed by atoms with Gasteiger partial charge in [0.2, 0.25) is 0 Å². The minimum Gasteiger partial charge on any atom is -0.459 e. The van der Waals surface area contributed by atoms with Crippen molar-refractivity contribution < 1.29 is 24.0 Å². The van der Waals surface area contributed by atoms with Crippen molar-refractivity contribution in [2.24, 2.45) is 0 Å². The zero-order chi connectivity index (χ0) is 28.0. The molecule has 1 unspecified atom stereocenters. The van der Waals surface area contributed by atoms with E-state index in [2.05, 4.69) is 10.3 Å². The van der Waals surface area contributed by atoms with E-state index in [1.165, 1.54) is 12.1 Å². The molecule has 1 atom stereocenters. The summed E-state index contributed by atoms with van der Waals surface area (Å²) in [5, 5.41) is 14.0. The third-order valence-corrected chi connectivity index (χ3v) is 5.79. The van der Waals surface area contributed by atoms with Crippen LogP contribution in [0.25, 0.3) is 16.7 Å². The lowest BCUT2D eigenvalue weighted by Crippen LogP contribution is -2.44. The number of aryl methyl sites for hydroxylation is 1. The Hall–Kier alpha value is -4.73. The predicted octanol–water partition coefficient (Wildman–Crippen LogP) is 5.50. The number of rotatable bonds is 9. The highest BCUT2D eigenvalue weighted by molar-refractivity contribution is 5.82. The van der Waals surface area contributed by atoms with Gasteiger partial charge in [-0.3, -0.25) is 14.7 Å². The average molecular weight is 531 g/mol. The highest BCUT2D eigenvalue weighted by Crippen LogP contribution is 2.26. The van der Waals surface area contributed by atoms with Crippen LogP contribution < -0.4 is 5.32 Å². The summed E-state index contributed by atoms with van der Waals surface area (Å²) in [6.45, 7) is 5.25. The van der Waals surface area contributed by atoms with E-state index in [9.17, 15) is 19.7 Å². The van der Waals surface area contributed by atoms with E-state index >= 15 is 0 Å². The maximum atomic E-state index is 13.1. The zero-order valence-corrected chi connectivity index (χ0v) is 22.0. The van der Waals surface area contributed by atoms with Crippen molar-refractivity contribution in [3.8, 4) is 5.69 Å². The summed E-state index contributed by atoms with van der Waals surface area (Å²) in [5.41, 5.74) is 1.94. The Morgan fingerprint density at radius 2 is 1.69 bits per heavy atom. The molecule has 3 aromatic carbocycles. The van der Waals surface area contributed by atoms with Crippen LogP contribution in [-0.2, 0) is 27.3 Å². The van der Waals surface area contributed by atoms with Crippen LogP contribution in [0.5, 0.6) is 0 Å². The Morgan fingerprint density at radius 3 is 2.33 bits per heavy atom. The molecule has 1 aromatic heterocycles. The van der Waals surface area contributed by atoms with Crippen LogP contribution >= 0.6 is 0 Å². The number of imidazole rings is 1. The molecule has 4 aromatic rings. The second-order valence-corrected chi connectivity index (χ2v) is 9.96. The molecule has 0 bridgehead atoms. The van der Waals surface area contributed by atoms with Gasteiger partial charge in [0.15, 0.2) is 0 Å². The summed E-state index contributed by atoms with van der Waals surface area (Å²) in [5.74, 6) is -0.0359. The Kier molecular flexibility index (Phi) is 8.24. The number of nitro groups is 1. The molecule has 10 nitrogen and oxygen atoms in total. The second-order valence-electron chi connectivity index (χ2n) is 9.96. The molecular weight excluding hydrogens is 500 g/mol. The van der Waals surface area contributed by atoms with Crippen molar-refractivity contribution in [3.63, 3.8) is 0 Å². The number of esters is 1. The van der Waals surface area contributed by atoms with Gasteiger partial charge < -0.3 is 14.8 Å². The zero-order valence-electron chi connectivity index (χ0n) is 22.0. The maximum Gasteiger partial charge on any atom is 0.408 e. The Balaban J connectivity index is 1.61. The molecule has 0 aliphatic heterocycles. The minimum absolute atomic E-state index is 0.0539. The number of benzene rings is 3. The fourth-order valence-electron chi connectivity index (χ4n) is 4.07. The van der Waals surface area contributed by atoms with E-state index in [0.717, 1.165) is 11.3 Å². The number of amides is 1. The van der Waals surface area contributed by atoms with Crippen LogP contribution in [0.15, 0.2) is 78.9 Å². The van der Waals surface area contributed by atoms with E-state index < -0.39 is 28.6 Å². The number of hydrogen-bond donors (Lipinski definition) is 1. The van der Waals surface area contributed by atoms with Crippen LogP contribution in [0.1, 0.15) is 38.6 Å². The molecule has 1 N–H and O–H groups in total. The summed E-state index contributed by atoms with van der Waals surface area (Å²) >= 11 is 0. The van der Waals surface area contributed by atoms with Crippen LogP contribution in [0.2, 0.25) is 0 Å². The van der Waals surface area contributed by atoms with Crippen molar-refractivity contribution in [3.05, 3.63) is 100 Å². The first-order valence-electron chi connectivity index (χ1n) is 12.5. The van der Waals surface area contributed by atoms with Gasteiger partial charge in [-0.1, -0.05) is 48.5 Å². The van der Waals surface area contributed by atoms with Crippen molar-refractivity contribution >= 4 is 28.8 Å². The van der Waals surface area contributed by atoms with Crippen LogP contribution in [0.4, 0.5) is 10.5 Å². The quantitative estimate of drug-likeness (QED) is 0.172. The fourth-order valence-corrected chi connectivity index (χ4v) is 4.07. The first kappa shape index (κ1) is 27.3. The van der Waals surface area contributed by atoms with Gasteiger partial charge >= 0.3 is 12.1 Å². The van der Waals surface area contributed by atoms with Gasteiger partial charge in [0.1, 0.15) is 24.1 Å². The van der Waals surface area contributed by atoms with Crippen molar-refractivity contribution in [2.45, 2.75) is 51.9 Å². The number of carbonyl (C=O) groups excluding carboxylic acids is 2. The Bertz CT molecular complexity index is 1460. The molecule has 202 valence electrons. The molecule has 10 heteroatoms. The van der Waals surface area contributed by atoms with Gasteiger partial charge in [-0.25, -0.2) is 14.6 Å². The third-order valence-electron chi connectivity index (χ3n) is 5.79. The molecule has 0 aliphatic rings. The number of carbonyl (C=O) groups is 2. The molecule has 0 radical (unpaired) electrons. The molecule has 4 rings (SSSR count). The largest absolute Gasteiger partial charge is 0.459 e. The number of alkyl carbamates (subject to hydrolysis) is 1. The van der Waals surface area contributed by atoms with E-state index in [4.69, 9.17) is 9.47 Å². The lowest BCUT2D eigenvalue weighted by molar-refractivity contribution is -0.384. The molecule has 0 saturated carbocycles. The van der Waals surface area contributed by atoms with E-state index in [1.54, 1.807) is 26.8 Å². The number of aromatic nitrogens is 2. The van der Waals surface area contributed by atoms with Crippen molar-refractivity contribution in [2.75, 3.05) is 0 Å². The van der Waals surface area contributed by atoms with Crippen LogP contribution in [0.3, 0.4) is 0 Å². The smallest absolute Gasteiger partial charge is 0.408 e. The normalized spacial score (nSPS) is 12.1. The molecule has 1 heterocycles. The number of hydrogen-bond acceptors (Lipinski definition) is 7. The maximum absolute atomic E-state index is 13.1. The summed E-state index contributed by atoms with van der Waals surface area (Å²) in [4.78, 5) is 41.2. The molecule has 0 aliphatic carbocycles. The van der Waals surface area contributed by atoms with Crippen LogP contribution in [0, 0.1) is 10.1 Å². The SMILES string of the molecule is CC(C)(C)OC(=O)NC(CCc1nc2cc([N+](=O)[O-])ccc2n1-c1ccccc1)C(=O)OCc1ccccc1. The summed E-state index contributed by atoms with van der Waals surface area (Å²) < 4.78 is 12.8. The van der Waals surface area contributed by atoms with Gasteiger partial charge in [0.25, 0.3) is 5.69 Å². The topological polar surface area (TPSA) is 126 Å². The first-order chi connectivity index (χ1) is 18.6. The number of nitrogens with zero attached hydrogens (tertiary/aromatic N) is 3. The summed E-state index contributed by atoms with van der Waals surface area (Å²) in [7, 11) is 0. The molecule has 0 spiro atoms. The van der Waals surface area contributed by atoms with E-state index in [1.807, 2.05) is 65.2 Å². The minimum atomic E-state index is -1.01. The van der Waals surface area contributed by atoms with E-state index in [-0.39, 0.29) is 25.1 Å². The Labute approximate surface area is 225 Å². The van der Waals surface area contributed by atoms with Gasteiger partial charge in [0, 0.05) is 24.2 Å². The molecule has 1 amide bonds. The second kappa shape index (κ2) is 11.8. The number of fused-ring (bicyclic) bond motifs is 1. The van der Waals surface area contributed by atoms with Gasteiger partial charge in [-0.2, -0.15) is 0 Å². The predicted molar refractivity (Wildman–Crippen MR) is 145 cm³/mol. The number of ether oxygens (including phenoxy) is 2. The highest BCUT2D eigenvalue weighted by atomic mass is 16.6. The molecule has 0 saturated heterocycles. The summed E-state index contributed by atoms with van der Waals surface area (Å²) in [6.07, 6.45) is -0.319. The molecule has 0 fully saturated rings.